The Kier molecular flexibility index (Phi) is 4.90. The summed E-state index contributed by atoms with van der Waals surface area (Å²) in [7, 11) is 0. The largest absolute Gasteiger partial charge is 0.379 e. The Labute approximate surface area is 115 Å². The zero-order valence-corrected chi connectivity index (χ0v) is 11.7. The molecule has 0 aliphatic heterocycles. The first-order valence-corrected chi connectivity index (χ1v) is 6.89. The molecule has 0 atom stereocenters. The van der Waals surface area contributed by atoms with E-state index >= 15 is 0 Å². The van der Waals surface area contributed by atoms with Crippen LogP contribution in [0.2, 0.25) is 0 Å². The normalized spacial score (nSPS) is 10.4. The molecule has 0 amide bonds. The van der Waals surface area contributed by atoms with Crippen molar-refractivity contribution in [2.75, 3.05) is 5.32 Å². The molecule has 0 aliphatic rings. The summed E-state index contributed by atoms with van der Waals surface area (Å²) in [5.74, 6) is 0.814. The highest BCUT2D eigenvalue weighted by atomic mass is 14.9. The lowest BCUT2D eigenvalue weighted by Crippen LogP contribution is -2.03. The molecule has 0 radical (unpaired) electrons. The summed E-state index contributed by atoms with van der Waals surface area (Å²) >= 11 is 0. The van der Waals surface area contributed by atoms with Crippen LogP contribution in [0.4, 0.5) is 5.69 Å². The SMILES string of the molecule is CCCCc1ccc(NCc2ccnc(C)n2)cc1. The number of anilines is 1. The lowest BCUT2D eigenvalue weighted by Gasteiger charge is -2.07. The van der Waals surface area contributed by atoms with E-state index in [2.05, 4.69) is 46.5 Å². The molecule has 2 aromatic rings. The van der Waals surface area contributed by atoms with E-state index < -0.39 is 0 Å². The van der Waals surface area contributed by atoms with Gasteiger partial charge in [-0.3, -0.25) is 0 Å². The van der Waals surface area contributed by atoms with Gasteiger partial charge in [0, 0.05) is 11.9 Å². The number of aromatic nitrogens is 2. The molecule has 3 heteroatoms. The quantitative estimate of drug-likeness (QED) is 0.854. The Morgan fingerprint density at radius 2 is 1.89 bits per heavy atom. The molecule has 19 heavy (non-hydrogen) atoms. The molecule has 0 unspecified atom stereocenters. The fourth-order valence-electron chi connectivity index (χ4n) is 1.97. The number of aryl methyl sites for hydroxylation is 2. The minimum absolute atomic E-state index is 0.734. The van der Waals surface area contributed by atoms with Gasteiger partial charge in [-0.2, -0.15) is 0 Å². The molecule has 0 bridgehead atoms. The minimum atomic E-state index is 0.734. The van der Waals surface area contributed by atoms with Crippen molar-refractivity contribution in [1.29, 1.82) is 0 Å². The van der Waals surface area contributed by atoms with E-state index in [9.17, 15) is 0 Å². The van der Waals surface area contributed by atoms with Crippen molar-refractivity contribution in [3.05, 3.63) is 53.6 Å². The van der Waals surface area contributed by atoms with Crippen LogP contribution in [-0.2, 0) is 13.0 Å². The van der Waals surface area contributed by atoms with Crippen LogP contribution >= 0.6 is 0 Å². The van der Waals surface area contributed by atoms with Gasteiger partial charge in [0.1, 0.15) is 5.82 Å². The molecule has 0 saturated carbocycles. The van der Waals surface area contributed by atoms with Crippen molar-refractivity contribution in [3.63, 3.8) is 0 Å². The summed E-state index contributed by atoms with van der Waals surface area (Å²) in [6, 6.07) is 10.6. The van der Waals surface area contributed by atoms with E-state index in [0.717, 1.165) is 23.8 Å². The smallest absolute Gasteiger partial charge is 0.125 e. The number of nitrogens with one attached hydrogen (secondary N) is 1. The second kappa shape index (κ2) is 6.88. The summed E-state index contributed by atoms with van der Waals surface area (Å²) in [5.41, 5.74) is 3.56. The van der Waals surface area contributed by atoms with E-state index in [1.165, 1.54) is 24.8 Å². The maximum Gasteiger partial charge on any atom is 0.125 e. The second-order valence-electron chi connectivity index (χ2n) is 4.75. The van der Waals surface area contributed by atoms with Gasteiger partial charge in [0.15, 0.2) is 0 Å². The van der Waals surface area contributed by atoms with Gasteiger partial charge in [0.05, 0.1) is 12.2 Å². The molecule has 1 N–H and O–H groups in total. The fourth-order valence-corrected chi connectivity index (χ4v) is 1.97. The molecule has 1 aromatic heterocycles. The number of rotatable bonds is 6. The van der Waals surface area contributed by atoms with Gasteiger partial charge in [-0.25, -0.2) is 9.97 Å². The van der Waals surface area contributed by atoms with Crippen molar-refractivity contribution in [2.24, 2.45) is 0 Å². The lowest BCUT2D eigenvalue weighted by molar-refractivity contribution is 0.795. The molecule has 0 saturated heterocycles. The minimum Gasteiger partial charge on any atom is -0.379 e. The molecule has 0 aliphatic carbocycles. The predicted octanol–water partition coefficient (Wildman–Crippen LogP) is 3.74. The highest BCUT2D eigenvalue weighted by molar-refractivity contribution is 5.44. The Morgan fingerprint density at radius 3 is 2.58 bits per heavy atom. The Balaban J connectivity index is 1.89. The summed E-state index contributed by atoms with van der Waals surface area (Å²) in [6.45, 7) is 4.86. The average molecular weight is 255 g/mol. The first-order valence-electron chi connectivity index (χ1n) is 6.89. The van der Waals surface area contributed by atoms with Gasteiger partial charge in [0.2, 0.25) is 0 Å². The highest BCUT2D eigenvalue weighted by Gasteiger charge is 1.97. The third-order valence-corrected chi connectivity index (χ3v) is 3.08. The molecule has 100 valence electrons. The number of nitrogens with zero attached hydrogens (tertiary/aromatic N) is 2. The van der Waals surface area contributed by atoms with E-state index in [0.29, 0.717) is 0 Å². The summed E-state index contributed by atoms with van der Waals surface area (Å²) in [5, 5.41) is 3.38. The first kappa shape index (κ1) is 13.5. The maximum absolute atomic E-state index is 4.37. The van der Waals surface area contributed by atoms with Gasteiger partial charge < -0.3 is 5.32 Å². The molecular weight excluding hydrogens is 234 g/mol. The van der Waals surface area contributed by atoms with Crippen LogP contribution in [0.25, 0.3) is 0 Å². The van der Waals surface area contributed by atoms with Crippen molar-refractivity contribution in [1.82, 2.24) is 9.97 Å². The van der Waals surface area contributed by atoms with Gasteiger partial charge in [-0.1, -0.05) is 25.5 Å². The molecule has 0 fully saturated rings. The fraction of sp³-hybridized carbons (Fsp3) is 0.375. The van der Waals surface area contributed by atoms with Crippen molar-refractivity contribution >= 4 is 5.69 Å². The number of hydrogen-bond acceptors (Lipinski definition) is 3. The van der Waals surface area contributed by atoms with Crippen LogP contribution in [0.5, 0.6) is 0 Å². The Bertz CT molecular complexity index is 506. The Morgan fingerprint density at radius 1 is 1.11 bits per heavy atom. The van der Waals surface area contributed by atoms with E-state index in [1.807, 2.05) is 13.0 Å². The predicted molar refractivity (Wildman–Crippen MR) is 79.1 cm³/mol. The van der Waals surface area contributed by atoms with E-state index in [4.69, 9.17) is 0 Å². The van der Waals surface area contributed by atoms with Crippen molar-refractivity contribution < 1.29 is 0 Å². The maximum atomic E-state index is 4.37. The van der Waals surface area contributed by atoms with Gasteiger partial charge >= 0.3 is 0 Å². The second-order valence-corrected chi connectivity index (χ2v) is 4.75. The van der Waals surface area contributed by atoms with Crippen molar-refractivity contribution in [2.45, 2.75) is 39.7 Å². The summed E-state index contributed by atoms with van der Waals surface area (Å²) in [6.07, 6.45) is 5.47. The number of benzene rings is 1. The third kappa shape index (κ3) is 4.36. The summed E-state index contributed by atoms with van der Waals surface area (Å²) in [4.78, 5) is 8.47. The standard InChI is InChI=1S/C16H21N3/c1-3-4-5-14-6-8-15(9-7-14)18-12-16-10-11-17-13(2)19-16/h6-11,18H,3-5,12H2,1-2H3. The number of unbranched alkanes of at least 4 members (excludes halogenated alkanes) is 1. The topological polar surface area (TPSA) is 37.8 Å². The molecular formula is C16H21N3. The van der Waals surface area contributed by atoms with Crippen LogP contribution in [0.3, 0.4) is 0 Å². The molecule has 3 nitrogen and oxygen atoms in total. The van der Waals surface area contributed by atoms with Crippen LogP contribution in [0.15, 0.2) is 36.5 Å². The summed E-state index contributed by atoms with van der Waals surface area (Å²) < 4.78 is 0. The first-order chi connectivity index (χ1) is 9.28. The highest BCUT2D eigenvalue weighted by Crippen LogP contribution is 2.12. The van der Waals surface area contributed by atoms with Gasteiger partial charge in [0.25, 0.3) is 0 Å². The average Bonchev–Trinajstić information content (AvgIpc) is 2.44. The van der Waals surface area contributed by atoms with Gasteiger partial charge in [-0.15, -0.1) is 0 Å². The van der Waals surface area contributed by atoms with E-state index in [1.54, 1.807) is 6.20 Å². The van der Waals surface area contributed by atoms with Gasteiger partial charge in [-0.05, 0) is 43.5 Å². The number of hydrogen-bond donors (Lipinski definition) is 1. The van der Waals surface area contributed by atoms with E-state index in [-0.39, 0.29) is 0 Å². The van der Waals surface area contributed by atoms with Crippen LogP contribution in [-0.4, -0.2) is 9.97 Å². The molecule has 0 spiro atoms. The van der Waals surface area contributed by atoms with Crippen LogP contribution < -0.4 is 5.32 Å². The third-order valence-electron chi connectivity index (χ3n) is 3.08. The molecule has 2 rings (SSSR count). The monoisotopic (exact) mass is 255 g/mol. The van der Waals surface area contributed by atoms with Crippen LogP contribution in [0.1, 0.15) is 36.8 Å². The van der Waals surface area contributed by atoms with Crippen LogP contribution in [0, 0.1) is 6.92 Å². The zero-order valence-electron chi connectivity index (χ0n) is 11.7. The zero-order chi connectivity index (χ0) is 13.5. The Hall–Kier alpha value is -1.90. The molecule has 1 heterocycles. The molecule has 1 aromatic carbocycles. The van der Waals surface area contributed by atoms with Crippen molar-refractivity contribution in [3.8, 4) is 0 Å². The lowest BCUT2D eigenvalue weighted by atomic mass is 10.1.